The van der Waals surface area contributed by atoms with E-state index in [-0.39, 0.29) is 0 Å². The van der Waals surface area contributed by atoms with Crippen LogP contribution in [0.3, 0.4) is 0 Å². The molecule has 0 saturated carbocycles. The minimum absolute atomic E-state index is 0.744. The highest BCUT2D eigenvalue weighted by atomic mass is 32.1. The summed E-state index contributed by atoms with van der Waals surface area (Å²) in [5, 5.41) is 6.78. The molecule has 5 nitrogen and oxygen atoms in total. The van der Waals surface area contributed by atoms with Crippen molar-refractivity contribution in [1.82, 2.24) is 19.9 Å². The molecule has 0 bridgehead atoms. The number of aromatic nitrogens is 4. The third-order valence-electron chi connectivity index (χ3n) is 5.13. The van der Waals surface area contributed by atoms with Crippen LogP contribution in [0.15, 0.2) is 54.2 Å². The molecule has 29 heavy (non-hydrogen) atoms. The fourth-order valence-electron chi connectivity index (χ4n) is 3.75. The summed E-state index contributed by atoms with van der Waals surface area (Å²) in [4.78, 5) is 18.1. The molecule has 0 atom stereocenters. The smallest absolute Gasteiger partial charge is 0.138 e. The number of para-hydroxylation sites is 2. The summed E-state index contributed by atoms with van der Waals surface area (Å²) in [7, 11) is 0. The van der Waals surface area contributed by atoms with Gasteiger partial charge in [0.05, 0.1) is 16.4 Å². The van der Waals surface area contributed by atoms with Gasteiger partial charge in [-0.3, -0.25) is 0 Å². The van der Waals surface area contributed by atoms with Crippen molar-refractivity contribution < 1.29 is 0 Å². The molecule has 5 aromatic rings. The number of hydrogen-bond acceptors (Lipinski definition) is 5. The number of nitrogens with one attached hydrogen (secondary N) is 2. The van der Waals surface area contributed by atoms with Gasteiger partial charge in [-0.15, -0.1) is 11.3 Å². The number of anilines is 1. The Hall–Kier alpha value is -3.25. The van der Waals surface area contributed by atoms with Gasteiger partial charge in [0, 0.05) is 23.9 Å². The molecule has 2 aromatic carbocycles. The number of hydrogen-bond donors (Lipinski definition) is 2. The van der Waals surface area contributed by atoms with E-state index < -0.39 is 0 Å². The van der Waals surface area contributed by atoms with Crippen molar-refractivity contribution in [3.63, 3.8) is 0 Å². The van der Waals surface area contributed by atoms with Gasteiger partial charge in [0.1, 0.15) is 22.8 Å². The van der Waals surface area contributed by atoms with Crippen molar-refractivity contribution in [3.8, 4) is 11.1 Å². The van der Waals surface area contributed by atoms with E-state index >= 15 is 0 Å². The van der Waals surface area contributed by atoms with Gasteiger partial charge in [-0.25, -0.2) is 15.0 Å². The topological polar surface area (TPSA) is 66.5 Å². The number of aryl methyl sites for hydroxylation is 2. The first-order valence-corrected chi connectivity index (χ1v) is 10.5. The zero-order valence-corrected chi connectivity index (χ0v) is 17.2. The number of thiophene rings is 1. The number of aromatic amines is 1. The summed E-state index contributed by atoms with van der Waals surface area (Å²) in [5.74, 6) is 1.85. The van der Waals surface area contributed by atoms with E-state index in [1.165, 1.54) is 22.3 Å². The zero-order valence-electron chi connectivity index (χ0n) is 16.4. The molecule has 144 valence electrons. The third-order valence-corrected chi connectivity index (χ3v) is 6.02. The van der Waals surface area contributed by atoms with Crippen LogP contribution in [0.25, 0.3) is 32.4 Å². The Bertz CT molecular complexity index is 1280. The fourth-order valence-corrected chi connectivity index (χ4v) is 4.65. The maximum absolute atomic E-state index is 4.65. The second-order valence-electron chi connectivity index (χ2n) is 7.25. The van der Waals surface area contributed by atoms with Crippen LogP contribution in [-0.2, 0) is 6.42 Å². The fraction of sp³-hybridized carbons (Fsp3) is 0.174. The average Bonchev–Trinajstić information content (AvgIpc) is 3.32. The summed E-state index contributed by atoms with van der Waals surface area (Å²) in [6.07, 6.45) is 2.43. The van der Waals surface area contributed by atoms with Gasteiger partial charge in [0.25, 0.3) is 0 Å². The molecule has 0 amide bonds. The number of nitrogens with zero attached hydrogens (tertiary/aromatic N) is 3. The molecule has 0 radical (unpaired) electrons. The van der Waals surface area contributed by atoms with Gasteiger partial charge in [0.2, 0.25) is 0 Å². The third kappa shape index (κ3) is 3.36. The number of fused-ring (bicyclic) bond motifs is 2. The Balaban J connectivity index is 1.43. The van der Waals surface area contributed by atoms with Crippen LogP contribution in [0.1, 0.15) is 17.0 Å². The first-order chi connectivity index (χ1) is 14.2. The standard InChI is InChI=1S/C23H21N5S/c1-14-7-8-16(15(2)11-14)17-12-29-23-21(17)22(25-13-26-23)24-10-9-20-27-18-5-3-4-6-19(18)28-20/h3-8,11-13H,9-10H2,1-2H3,(H,27,28)(H,24,25,26). The molecule has 0 fully saturated rings. The largest absolute Gasteiger partial charge is 0.369 e. The molecular formula is C23H21N5S. The molecule has 3 heterocycles. The number of H-pyrrole nitrogens is 1. The number of imidazole rings is 1. The van der Waals surface area contributed by atoms with Crippen molar-refractivity contribution in [2.24, 2.45) is 0 Å². The Kier molecular flexibility index (Phi) is 4.48. The van der Waals surface area contributed by atoms with Gasteiger partial charge in [-0.2, -0.15) is 0 Å². The maximum Gasteiger partial charge on any atom is 0.138 e. The molecular weight excluding hydrogens is 378 g/mol. The second-order valence-corrected chi connectivity index (χ2v) is 8.11. The van der Waals surface area contributed by atoms with Crippen LogP contribution < -0.4 is 5.32 Å². The monoisotopic (exact) mass is 399 g/mol. The van der Waals surface area contributed by atoms with Gasteiger partial charge >= 0.3 is 0 Å². The van der Waals surface area contributed by atoms with Gasteiger partial charge in [-0.1, -0.05) is 35.9 Å². The molecule has 0 aliphatic rings. The van der Waals surface area contributed by atoms with Crippen LogP contribution in [0.2, 0.25) is 0 Å². The lowest BCUT2D eigenvalue weighted by Crippen LogP contribution is -2.08. The van der Waals surface area contributed by atoms with E-state index in [9.17, 15) is 0 Å². The minimum atomic E-state index is 0.744. The van der Waals surface area contributed by atoms with Crippen LogP contribution in [-0.4, -0.2) is 26.5 Å². The second kappa shape index (κ2) is 7.29. The molecule has 3 aromatic heterocycles. The summed E-state index contributed by atoms with van der Waals surface area (Å²) in [5.41, 5.74) is 7.03. The van der Waals surface area contributed by atoms with Crippen molar-refractivity contribution in [2.45, 2.75) is 20.3 Å². The summed E-state index contributed by atoms with van der Waals surface area (Å²) < 4.78 is 0. The molecule has 5 rings (SSSR count). The van der Waals surface area contributed by atoms with Crippen LogP contribution >= 0.6 is 11.3 Å². The van der Waals surface area contributed by atoms with Crippen LogP contribution in [0.4, 0.5) is 5.82 Å². The first-order valence-electron chi connectivity index (χ1n) is 9.66. The zero-order chi connectivity index (χ0) is 19.8. The van der Waals surface area contributed by atoms with E-state index in [4.69, 9.17) is 0 Å². The molecule has 0 saturated heterocycles. The van der Waals surface area contributed by atoms with E-state index in [1.54, 1.807) is 17.7 Å². The lowest BCUT2D eigenvalue weighted by molar-refractivity contribution is 0.929. The Labute approximate surface area is 172 Å². The average molecular weight is 400 g/mol. The van der Waals surface area contributed by atoms with Crippen molar-refractivity contribution >= 4 is 38.4 Å². The van der Waals surface area contributed by atoms with E-state index in [1.807, 2.05) is 18.2 Å². The lowest BCUT2D eigenvalue weighted by atomic mass is 9.99. The maximum atomic E-state index is 4.65. The predicted molar refractivity (Wildman–Crippen MR) is 121 cm³/mol. The number of benzene rings is 2. The SMILES string of the molecule is Cc1ccc(-c2csc3ncnc(NCCc4nc5ccccc5[nH]4)c23)c(C)c1. The number of rotatable bonds is 5. The van der Waals surface area contributed by atoms with Crippen molar-refractivity contribution in [2.75, 3.05) is 11.9 Å². The van der Waals surface area contributed by atoms with Crippen molar-refractivity contribution in [1.29, 1.82) is 0 Å². The van der Waals surface area contributed by atoms with E-state index in [0.717, 1.165) is 45.9 Å². The Morgan fingerprint density at radius 3 is 2.79 bits per heavy atom. The first kappa shape index (κ1) is 17.8. The van der Waals surface area contributed by atoms with Crippen LogP contribution in [0.5, 0.6) is 0 Å². The summed E-state index contributed by atoms with van der Waals surface area (Å²) in [6.45, 7) is 5.02. The summed E-state index contributed by atoms with van der Waals surface area (Å²) >= 11 is 1.66. The normalized spacial score (nSPS) is 11.4. The Morgan fingerprint density at radius 1 is 1.03 bits per heavy atom. The van der Waals surface area contributed by atoms with E-state index in [0.29, 0.717) is 0 Å². The molecule has 0 unspecified atom stereocenters. The highest BCUT2D eigenvalue weighted by molar-refractivity contribution is 7.17. The van der Waals surface area contributed by atoms with E-state index in [2.05, 4.69) is 68.7 Å². The van der Waals surface area contributed by atoms with Gasteiger partial charge in [0.15, 0.2) is 0 Å². The minimum Gasteiger partial charge on any atom is -0.369 e. The molecule has 0 spiro atoms. The molecule has 2 N–H and O–H groups in total. The summed E-state index contributed by atoms with van der Waals surface area (Å²) in [6, 6.07) is 14.7. The Morgan fingerprint density at radius 2 is 1.93 bits per heavy atom. The molecule has 0 aliphatic heterocycles. The molecule has 6 heteroatoms. The highest BCUT2D eigenvalue weighted by Crippen LogP contribution is 2.38. The predicted octanol–water partition coefficient (Wildman–Crippen LogP) is 5.51. The highest BCUT2D eigenvalue weighted by Gasteiger charge is 2.14. The van der Waals surface area contributed by atoms with Gasteiger partial charge < -0.3 is 10.3 Å². The van der Waals surface area contributed by atoms with Crippen molar-refractivity contribution in [3.05, 3.63) is 71.1 Å². The van der Waals surface area contributed by atoms with Gasteiger partial charge in [-0.05, 0) is 37.1 Å². The van der Waals surface area contributed by atoms with Crippen LogP contribution in [0, 0.1) is 13.8 Å². The quantitative estimate of drug-likeness (QED) is 0.409. The lowest BCUT2D eigenvalue weighted by Gasteiger charge is -2.10. The molecule has 0 aliphatic carbocycles.